The van der Waals surface area contributed by atoms with Crippen LogP contribution in [0.15, 0.2) is 10.7 Å². The predicted octanol–water partition coefficient (Wildman–Crippen LogP) is 1.11. The van der Waals surface area contributed by atoms with E-state index in [1.165, 1.54) is 0 Å². The molecule has 0 aliphatic heterocycles. The highest BCUT2D eigenvalue weighted by Crippen LogP contribution is 2.26. The third kappa shape index (κ3) is 2.57. The van der Waals surface area contributed by atoms with Crippen molar-refractivity contribution in [2.45, 2.75) is 25.5 Å². The first kappa shape index (κ1) is 12.6. The van der Waals surface area contributed by atoms with Gasteiger partial charge in [-0.1, -0.05) is 6.92 Å². The van der Waals surface area contributed by atoms with Gasteiger partial charge in [-0.3, -0.25) is 10.5 Å². The van der Waals surface area contributed by atoms with Crippen molar-refractivity contribution < 1.29 is 4.74 Å². The topological polar surface area (TPSA) is 65.1 Å². The molecule has 6 heteroatoms. The smallest absolute Gasteiger partial charge is 0.0901 e. The van der Waals surface area contributed by atoms with Gasteiger partial charge in [0.25, 0.3) is 0 Å². The van der Waals surface area contributed by atoms with Crippen molar-refractivity contribution in [3.8, 4) is 0 Å². The van der Waals surface area contributed by atoms with Crippen molar-refractivity contribution in [2.75, 3.05) is 7.11 Å². The maximum Gasteiger partial charge on any atom is 0.0901 e. The van der Waals surface area contributed by atoms with Gasteiger partial charge < -0.3 is 4.74 Å². The first-order valence-electron chi connectivity index (χ1n) is 4.82. The number of hydrazine groups is 1. The lowest BCUT2D eigenvalue weighted by Gasteiger charge is -2.24. The van der Waals surface area contributed by atoms with Gasteiger partial charge >= 0.3 is 0 Å². The van der Waals surface area contributed by atoms with Crippen LogP contribution in [0.4, 0.5) is 0 Å². The molecule has 2 atom stereocenters. The molecule has 5 nitrogen and oxygen atoms in total. The molecule has 1 heterocycles. The third-order valence-electron chi connectivity index (χ3n) is 2.49. The molecule has 0 fully saturated rings. The van der Waals surface area contributed by atoms with Crippen molar-refractivity contribution in [3.63, 3.8) is 0 Å². The Bertz CT molecular complexity index is 292. The Kier molecular flexibility index (Phi) is 4.72. The number of methoxy groups -OCH3 is 1. The van der Waals surface area contributed by atoms with E-state index in [1.54, 1.807) is 18.0 Å². The van der Waals surface area contributed by atoms with Gasteiger partial charge in [-0.2, -0.15) is 5.10 Å². The number of hydrogen-bond acceptors (Lipinski definition) is 4. The Morgan fingerprint density at radius 1 is 1.73 bits per heavy atom. The van der Waals surface area contributed by atoms with Crippen LogP contribution in [0.25, 0.3) is 0 Å². The molecule has 0 radical (unpaired) electrons. The summed E-state index contributed by atoms with van der Waals surface area (Å²) >= 11 is 3.45. The van der Waals surface area contributed by atoms with E-state index in [0.29, 0.717) is 0 Å². The largest absolute Gasteiger partial charge is 0.379 e. The Labute approximate surface area is 98.1 Å². The lowest BCUT2D eigenvalue weighted by Crippen LogP contribution is -2.38. The second kappa shape index (κ2) is 5.60. The Balaban J connectivity index is 3.01. The van der Waals surface area contributed by atoms with Crippen LogP contribution in [0.3, 0.4) is 0 Å². The predicted molar refractivity (Wildman–Crippen MR) is 62.1 cm³/mol. The maximum absolute atomic E-state index is 5.56. The highest BCUT2D eigenvalue weighted by molar-refractivity contribution is 9.10. The zero-order valence-electron chi connectivity index (χ0n) is 9.20. The molecule has 86 valence electrons. The molecular weight excluding hydrogens is 260 g/mol. The molecule has 0 saturated heterocycles. The van der Waals surface area contributed by atoms with Gasteiger partial charge in [0, 0.05) is 14.2 Å². The molecule has 0 aliphatic rings. The van der Waals surface area contributed by atoms with Gasteiger partial charge in [-0.15, -0.1) is 0 Å². The summed E-state index contributed by atoms with van der Waals surface area (Å²) in [5.74, 6) is 5.56. The van der Waals surface area contributed by atoms with Crippen LogP contribution < -0.4 is 11.3 Å². The van der Waals surface area contributed by atoms with Crippen LogP contribution in [-0.4, -0.2) is 23.0 Å². The minimum absolute atomic E-state index is 0.0294. The van der Waals surface area contributed by atoms with E-state index in [0.717, 1.165) is 16.6 Å². The molecular formula is C9H17BrN4O. The molecule has 0 spiro atoms. The summed E-state index contributed by atoms with van der Waals surface area (Å²) < 4.78 is 8.10. The quantitative estimate of drug-likeness (QED) is 0.625. The monoisotopic (exact) mass is 276 g/mol. The minimum Gasteiger partial charge on any atom is -0.379 e. The number of nitrogens with one attached hydrogen (secondary N) is 1. The normalized spacial score (nSPS) is 15.3. The number of ether oxygens (including phenoxy) is 1. The minimum atomic E-state index is -0.0677. The number of nitrogens with zero attached hydrogens (tertiary/aromatic N) is 2. The van der Waals surface area contributed by atoms with Crippen molar-refractivity contribution in [1.82, 2.24) is 15.2 Å². The summed E-state index contributed by atoms with van der Waals surface area (Å²) in [5.41, 5.74) is 3.76. The summed E-state index contributed by atoms with van der Waals surface area (Å²) in [5, 5.41) is 4.15. The van der Waals surface area contributed by atoms with E-state index < -0.39 is 0 Å². The summed E-state index contributed by atoms with van der Waals surface area (Å²) in [6, 6.07) is -0.0677. The van der Waals surface area contributed by atoms with Crippen molar-refractivity contribution in [3.05, 3.63) is 16.4 Å². The zero-order valence-corrected chi connectivity index (χ0v) is 10.8. The van der Waals surface area contributed by atoms with E-state index in [9.17, 15) is 0 Å². The summed E-state index contributed by atoms with van der Waals surface area (Å²) in [7, 11) is 3.57. The fourth-order valence-electron chi connectivity index (χ4n) is 1.67. The lowest BCUT2D eigenvalue weighted by molar-refractivity contribution is 0.0623. The van der Waals surface area contributed by atoms with Crippen LogP contribution in [0, 0.1) is 0 Å². The Morgan fingerprint density at radius 3 is 2.73 bits per heavy atom. The molecule has 1 rings (SSSR count). The van der Waals surface area contributed by atoms with Gasteiger partial charge in [-0.05, 0) is 22.4 Å². The number of nitrogens with two attached hydrogens (primary N) is 1. The zero-order chi connectivity index (χ0) is 11.4. The average molecular weight is 277 g/mol. The van der Waals surface area contributed by atoms with Crippen LogP contribution >= 0.6 is 15.9 Å². The molecule has 1 aromatic rings. The first-order chi connectivity index (χ1) is 7.15. The van der Waals surface area contributed by atoms with Crippen LogP contribution in [0.1, 0.15) is 25.1 Å². The Morgan fingerprint density at radius 2 is 2.40 bits per heavy atom. The number of halogens is 1. The molecule has 0 amide bonds. The van der Waals surface area contributed by atoms with Crippen molar-refractivity contribution in [2.24, 2.45) is 12.9 Å². The van der Waals surface area contributed by atoms with Gasteiger partial charge in [-0.25, -0.2) is 5.43 Å². The highest BCUT2D eigenvalue weighted by Gasteiger charge is 2.25. The number of rotatable bonds is 5. The standard InChI is InChI=1S/C9H17BrN4O/c1-4-7(15-3)8(13-11)9-6(10)5-12-14(9)2/h5,7-8,13H,4,11H2,1-3H3. The summed E-state index contributed by atoms with van der Waals surface area (Å²) in [6.45, 7) is 2.06. The molecule has 15 heavy (non-hydrogen) atoms. The van der Waals surface area contributed by atoms with E-state index >= 15 is 0 Å². The molecule has 0 aromatic carbocycles. The lowest BCUT2D eigenvalue weighted by atomic mass is 10.1. The van der Waals surface area contributed by atoms with E-state index in [4.69, 9.17) is 10.6 Å². The summed E-state index contributed by atoms with van der Waals surface area (Å²) in [4.78, 5) is 0. The fourth-order valence-corrected chi connectivity index (χ4v) is 2.27. The van der Waals surface area contributed by atoms with Gasteiger partial charge in [0.15, 0.2) is 0 Å². The van der Waals surface area contributed by atoms with Crippen LogP contribution in [0.2, 0.25) is 0 Å². The fraction of sp³-hybridized carbons (Fsp3) is 0.667. The average Bonchev–Trinajstić information content (AvgIpc) is 2.56. The number of aromatic nitrogens is 2. The van der Waals surface area contributed by atoms with E-state index in [2.05, 4.69) is 33.4 Å². The summed E-state index contributed by atoms with van der Waals surface area (Å²) in [6.07, 6.45) is 2.66. The van der Waals surface area contributed by atoms with E-state index in [-0.39, 0.29) is 12.1 Å². The Hall–Kier alpha value is -0.430. The number of aryl methyl sites for hydroxylation is 1. The van der Waals surface area contributed by atoms with E-state index in [1.807, 2.05) is 7.05 Å². The van der Waals surface area contributed by atoms with Crippen LogP contribution in [-0.2, 0) is 11.8 Å². The van der Waals surface area contributed by atoms with Crippen molar-refractivity contribution >= 4 is 15.9 Å². The highest BCUT2D eigenvalue weighted by atomic mass is 79.9. The third-order valence-corrected chi connectivity index (χ3v) is 3.10. The SMILES string of the molecule is CCC(OC)C(NN)c1c(Br)cnn1C. The van der Waals surface area contributed by atoms with Crippen molar-refractivity contribution in [1.29, 1.82) is 0 Å². The second-order valence-electron chi connectivity index (χ2n) is 3.33. The van der Waals surface area contributed by atoms with Crippen LogP contribution in [0.5, 0.6) is 0 Å². The molecule has 2 unspecified atom stereocenters. The molecule has 3 N–H and O–H groups in total. The molecule has 1 aromatic heterocycles. The second-order valence-corrected chi connectivity index (χ2v) is 4.18. The maximum atomic E-state index is 5.56. The molecule has 0 saturated carbocycles. The first-order valence-corrected chi connectivity index (χ1v) is 5.61. The molecule has 0 bridgehead atoms. The molecule has 0 aliphatic carbocycles. The number of hydrogen-bond donors (Lipinski definition) is 2. The van der Waals surface area contributed by atoms with Gasteiger partial charge in [0.1, 0.15) is 0 Å². The van der Waals surface area contributed by atoms with Gasteiger partial charge in [0.05, 0.1) is 28.5 Å². The van der Waals surface area contributed by atoms with Gasteiger partial charge in [0.2, 0.25) is 0 Å².